The van der Waals surface area contributed by atoms with Gasteiger partial charge in [0.25, 0.3) is 0 Å². The summed E-state index contributed by atoms with van der Waals surface area (Å²) in [6.07, 6.45) is 9.08. The Morgan fingerprint density at radius 3 is 2.14 bits per heavy atom. The Hall–Kier alpha value is -6.24. The van der Waals surface area contributed by atoms with Crippen molar-refractivity contribution in [3.63, 3.8) is 0 Å². The van der Waals surface area contributed by atoms with Gasteiger partial charge in [0.2, 0.25) is 5.79 Å². The molecule has 11 heteroatoms. The molecule has 6 atom stereocenters. The number of aliphatic hydroxyl groups is 2. The zero-order chi connectivity index (χ0) is 48.5. The van der Waals surface area contributed by atoms with Crippen molar-refractivity contribution in [3.05, 3.63) is 174 Å². The van der Waals surface area contributed by atoms with Gasteiger partial charge >= 0.3 is 6.09 Å². The van der Waals surface area contributed by atoms with Crippen LogP contribution in [0.5, 0.6) is 17.2 Å². The van der Waals surface area contributed by atoms with E-state index in [1.165, 1.54) is 0 Å². The van der Waals surface area contributed by atoms with Crippen LogP contribution in [0, 0.1) is 17.8 Å². The number of oxime groups is 1. The summed E-state index contributed by atoms with van der Waals surface area (Å²) in [4.78, 5) is 22.7. The average molecular weight is 949 g/mol. The van der Waals surface area contributed by atoms with Crippen LogP contribution in [-0.2, 0) is 32.3 Å². The fourth-order valence-electron chi connectivity index (χ4n) is 10.6. The minimum Gasteiger partial charge on any atom is -0.459 e. The van der Waals surface area contributed by atoms with Gasteiger partial charge in [0.1, 0.15) is 36.5 Å². The van der Waals surface area contributed by atoms with Gasteiger partial charge in [-0.2, -0.15) is 0 Å². The van der Waals surface area contributed by atoms with Crippen molar-refractivity contribution in [2.45, 2.75) is 89.3 Å². The molecule has 1 fully saturated rings. The van der Waals surface area contributed by atoms with E-state index in [9.17, 15) is 15.0 Å². The van der Waals surface area contributed by atoms with Gasteiger partial charge < -0.3 is 38.7 Å². The molecule has 5 aromatic rings. The van der Waals surface area contributed by atoms with Gasteiger partial charge in [0, 0.05) is 37.7 Å². The Balaban J connectivity index is 1.22. The van der Waals surface area contributed by atoms with E-state index in [0.717, 1.165) is 59.1 Å². The smallest absolute Gasteiger partial charge is 0.410 e. The molecule has 6 unspecified atom stereocenters. The van der Waals surface area contributed by atoms with Crippen molar-refractivity contribution in [1.29, 1.82) is 0 Å². The van der Waals surface area contributed by atoms with Gasteiger partial charge in [-0.15, -0.1) is 6.58 Å². The zero-order valence-corrected chi connectivity index (χ0v) is 40.4. The van der Waals surface area contributed by atoms with E-state index >= 15 is 0 Å². The summed E-state index contributed by atoms with van der Waals surface area (Å²) >= 11 is 0. The predicted molar refractivity (Wildman–Crippen MR) is 273 cm³/mol. The lowest BCUT2D eigenvalue weighted by Crippen LogP contribution is -2.70. The Morgan fingerprint density at radius 2 is 1.46 bits per heavy atom. The molecule has 0 radical (unpaired) electrons. The Labute approximate surface area is 413 Å². The molecule has 1 aliphatic heterocycles. The van der Waals surface area contributed by atoms with Gasteiger partial charge in [0.05, 0.1) is 31.5 Å². The lowest BCUT2D eigenvalue weighted by Gasteiger charge is -2.59. The highest BCUT2D eigenvalue weighted by Gasteiger charge is 2.65. The molecule has 1 amide bonds. The Morgan fingerprint density at radius 1 is 0.800 bits per heavy atom. The second-order valence-electron chi connectivity index (χ2n) is 18.4. The molecule has 70 heavy (non-hydrogen) atoms. The van der Waals surface area contributed by atoms with E-state index < -0.39 is 23.8 Å². The van der Waals surface area contributed by atoms with Crippen LogP contribution in [-0.4, -0.2) is 78.3 Å². The van der Waals surface area contributed by atoms with Crippen molar-refractivity contribution >= 4 is 11.8 Å². The maximum atomic E-state index is 14.7. The summed E-state index contributed by atoms with van der Waals surface area (Å²) in [6, 6.07) is 43.5. The van der Waals surface area contributed by atoms with Crippen LogP contribution in [0.2, 0.25) is 0 Å². The van der Waals surface area contributed by atoms with Crippen LogP contribution >= 0.6 is 0 Å². The van der Waals surface area contributed by atoms with E-state index in [1.54, 1.807) is 11.0 Å². The molecule has 2 N–H and O–H groups in total. The standard InChI is InChI=1S/C59H68N2O9/c1-3-32-61(58(64)66-37-36-65-41-43-18-8-5-9-19-43)55-40-53(60-68-42-44-20-10-6-11-21-44)51-38-47(24-14-16-33-62)50(25-15-17-34-63)56-52-39-49(30-31-54(52)70-59(55,57(51)56)67-35-4-2)69-48-28-26-46(27-29-48)45-22-12-7-13-23-45/h4-13,18-23,26-31,38-39,47,50,55-57,62-63H,2-3,14-17,24-25,32-37,40-42H2,1H3. The second kappa shape index (κ2) is 25.0. The topological polar surface area (TPSA) is 129 Å². The first-order chi connectivity index (χ1) is 34.5. The molecule has 11 nitrogen and oxygen atoms in total. The lowest BCUT2D eigenvalue weighted by molar-refractivity contribution is -0.255. The number of hydrogen-bond acceptors (Lipinski definition) is 10. The SMILES string of the molecule is C=CCOC12Oc3ccc(Oc4ccc(-c5ccccc5)cc4)cc3C3C(CCCCO)C(CCCCO)C=C(C(=NOCc4ccccc4)CC1N(CCC)C(=O)OCCOCc1ccccc1)C32. The Kier molecular flexibility index (Phi) is 17.9. The molecule has 1 heterocycles. The van der Waals surface area contributed by atoms with Crippen LogP contribution in [0.3, 0.4) is 0 Å². The normalized spacial score (nSPS) is 21.7. The molecular formula is C59H68N2O9. The minimum absolute atomic E-state index is 0.0485. The minimum atomic E-state index is -1.42. The Bertz CT molecular complexity index is 2480. The lowest BCUT2D eigenvalue weighted by atomic mass is 9.55. The van der Waals surface area contributed by atoms with E-state index in [0.29, 0.717) is 55.4 Å². The van der Waals surface area contributed by atoms with Crippen LogP contribution in [0.4, 0.5) is 4.79 Å². The monoisotopic (exact) mass is 948 g/mol. The number of hydrogen-bond donors (Lipinski definition) is 2. The fraction of sp³-hybridized carbons (Fsp3) is 0.390. The van der Waals surface area contributed by atoms with E-state index in [-0.39, 0.29) is 63.8 Å². The first kappa shape index (κ1) is 50.2. The molecule has 8 rings (SSSR count). The van der Waals surface area contributed by atoms with Gasteiger partial charge in [-0.1, -0.05) is 140 Å². The fourth-order valence-corrected chi connectivity index (χ4v) is 10.6. The summed E-state index contributed by atoms with van der Waals surface area (Å²) in [5, 5.41) is 25.1. The number of unbranched alkanes of at least 4 members (excludes halogenated alkanes) is 2. The number of rotatable bonds is 25. The number of carbonyl (C=O) groups excluding carboxylic acids is 1. The molecule has 3 aliphatic rings. The second-order valence-corrected chi connectivity index (χ2v) is 18.4. The number of amides is 1. The highest BCUT2D eigenvalue weighted by atomic mass is 16.7. The molecule has 0 spiro atoms. The van der Waals surface area contributed by atoms with Gasteiger partial charge in [-0.25, -0.2) is 4.79 Å². The quantitative estimate of drug-likeness (QED) is 0.0334. The van der Waals surface area contributed by atoms with Gasteiger partial charge in [-0.3, -0.25) is 4.90 Å². The van der Waals surface area contributed by atoms with Gasteiger partial charge in [0.15, 0.2) is 0 Å². The summed E-state index contributed by atoms with van der Waals surface area (Å²) in [5.74, 6) is 0.00722. The first-order valence-electron chi connectivity index (χ1n) is 25.1. The number of nitrogens with zero attached hydrogens (tertiary/aromatic N) is 2. The summed E-state index contributed by atoms with van der Waals surface area (Å²) in [6.45, 7) is 7.76. The van der Waals surface area contributed by atoms with Crippen molar-refractivity contribution < 1.29 is 43.5 Å². The molecule has 368 valence electrons. The van der Waals surface area contributed by atoms with Crippen molar-refractivity contribution in [2.24, 2.45) is 22.9 Å². The molecule has 2 aliphatic carbocycles. The number of allylic oxidation sites excluding steroid dienone is 1. The number of fused-ring (bicyclic) bond motifs is 2. The first-order valence-corrected chi connectivity index (χ1v) is 25.1. The van der Waals surface area contributed by atoms with Crippen LogP contribution in [0.1, 0.15) is 80.9 Å². The number of benzene rings is 5. The van der Waals surface area contributed by atoms with Crippen molar-refractivity contribution in [2.75, 3.05) is 39.6 Å². The highest BCUT2D eigenvalue weighted by molar-refractivity contribution is 6.03. The highest BCUT2D eigenvalue weighted by Crippen LogP contribution is 2.62. The van der Waals surface area contributed by atoms with E-state index in [1.807, 2.05) is 110 Å². The number of aliphatic hydroxyl groups excluding tert-OH is 2. The largest absolute Gasteiger partial charge is 0.459 e. The molecule has 0 bridgehead atoms. The average Bonchev–Trinajstić information content (AvgIpc) is 3.39. The maximum Gasteiger partial charge on any atom is 0.410 e. The summed E-state index contributed by atoms with van der Waals surface area (Å²) in [5.41, 5.74) is 6.88. The van der Waals surface area contributed by atoms with Gasteiger partial charge in [-0.05, 0) is 102 Å². The summed E-state index contributed by atoms with van der Waals surface area (Å²) in [7, 11) is 0. The van der Waals surface area contributed by atoms with Crippen LogP contribution in [0.25, 0.3) is 11.1 Å². The van der Waals surface area contributed by atoms with E-state index in [2.05, 4.69) is 43.0 Å². The zero-order valence-electron chi connectivity index (χ0n) is 40.4. The molecule has 0 saturated heterocycles. The summed E-state index contributed by atoms with van der Waals surface area (Å²) < 4.78 is 33.2. The number of carbonyl (C=O) groups is 1. The number of ether oxygens (including phenoxy) is 5. The third kappa shape index (κ3) is 12.0. The van der Waals surface area contributed by atoms with Crippen LogP contribution in [0.15, 0.2) is 163 Å². The third-order valence-electron chi connectivity index (χ3n) is 13.7. The third-order valence-corrected chi connectivity index (χ3v) is 13.7. The predicted octanol–water partition coefficient (Wildman–Crippen LogP) is 12.0. The molecular weight excluding hydrogens is 881 g/mol. The van der Waals surface area contributed by atoms with Crippen molar-refractivity contribution in [3.8, 4) is 28.4 Å². The molecule has 1 saturated carbocycles. The maximum absolute atomic E-state index is 14.7. The van der Waals surface area contributed by atoms with Crippen LogP contribution < -0.4 is 9.47 Å². The van der Waals surface area contributed by atoms with Crippen molar-refractivity contribution in [1.82, 2.24) is 4.90 Å². The molecule has 0 aromatic heterocycles. The van der Waals surface area contributed by atoms with E-state index in [4.69, 9.17) is 33.7 Å². The molecule has 5 aromatic carbocycles.